The van der Waals surface area contributed by atoms with E-state index in [1.165, 1.54) is 23.5 Å². The zero-order valence-electron chi connectivity index (χ0n) is 12.9. The van der Waals surface area contributed by atoms with Crippen LogP contribution in [-0.2, 0) is 11.5 Å². The SMILES string of the molecule is N=C(N)SCc1c(Cl)ccc2c1oc1c(CSC(=N)N)c(Cl)ccc12. The fraction of sp³-hybridized carbons (Fsp3) is 0.125. The van der Waals surface area contributed by atoms with Crippen molar-refractivity contribution in [2.75, 3.05) is 0 Å². The normalized spacial score (nSPS) is 11.3. The molecule has 0 aliphatic heterocycles. The molecule has 0 radical (unpaired) electrons. The molecular weight excluding hydrogens is 399 g/mol. The molecule has 0 aliphatic rings. The number of fused-ring (bicyclic) bond motifs is 3. The number of benzene rings is 2. The van der Waals surface area contributed by atoms with Gasteiger partial charge in [-0.05, 0) is 24.3 Å². The minimum absolute atomic E-state index is 0.0192. The Balaban J connectivity index is 2.20. The van der Waals surface area contributed by atoms with E-state index in [4.69, 9.17) is 49.9 Å². The predicted octanol–water partition coefficient (Wildman–Crippen LogP) is 5.15. The molecule has 1 aromatic heterocycles. The van der Waals surface area contributed by atoms with E-state index in [9.17, 15) is 0 Å². The third-order valence-electron chi connectivity index (χ3n) is 3.64. The van der Waals surface area contributed by atoms with E-state index in [1.54, 1.807) is 0 Å². The summed E-state index contributed by atoms with van der Waals surface area (Å²) in [5, 5.41) is 17.8. The summed E-state index contributed by atoms with van der Waals surface area (Å²) in [6.07, 6.45) is 0. The van der Waals surface area contributed by atoms with Crippen LogP contribution in [0.5, 0.6) is 0 Å². The minimum Gasteiger partial charge on any atom is -0.455 e. The lowest BCUT2D eigenvalue weighted by molar-refractivity contribution is 0.662. The van der Waals surface area contributed by atoms with Crippen molar-refractivity contribution in [3.8, 4) is 0 Å². The number of rotatable bonds is 4. The summed E-state index contributed by atoms with van der Waals surface area (Å²) in [6.45, 7) is 0. The van der Waals surface area contributed by atoms with Crippen molar-refractivity contribution in [2.24, 2.45) is 11.5 Å². The molecule has 130 valence electrons. The average Bonchev–Trinajstić information content (AvgIpc) is 2.91. The molecular formula is C16H14Cl2N4OS2. The van der Waals surface area contributed by atoms with E-state index in [-0.39, 0.29) is 10.3 Å². The maximum absolute atomic E-state index is 7.40. The predicted molar refractivity (Wildman–Crippen MR) is 110 cm³/mol. The average molecular weight is 413 g/mol. The van der Waals surface area contributed by atoms with Crippen LogP contribution in [0.2, 0.25) is 10.0 Å². The molecule has 3 rings (SSSR count). The van der Waals surface area contributed by atoms with Crippen LogP contribution in [0.1, 0.15) is 11.1 Å². The van der Waals surface area contributed by atoms with Gasteiger partial charge in [-0.2, -0.15) is 0 Å². The van der Waals surface area contributed by atoms with Crippen molar-refractivity contribution in [1.82, 2.24) is 0 Å². The summed E-state index contributed by atoms with van der Waals surface area (Å²) in [5.74, 6) is 0.882. The molecule has 0 spiro atoms. The Morgan fingerprint density at radius 3 is 1.60 bits per heavy atom. The molecule has 0 bridgehead atoms. The third kappa shape index (κ3) is 3.69. The van der Waals surface area contributed by atoms with E-state index in [2.05, 4.69) is 0 Å². The highest BCUT2D eigenvalue weighted by Gasteiger charge is 2.18. The van der Waals surface area contributed by atoms with E-state index in [0.29, 0.717) is 32.7 Å². The van der Waals surface area contributed by atoms with E-state index < -0.39 is 0 Å². The van der Waals surface area contributed by atoms with Crippen LogP contribution in [0.15, 0.2) is 28.7 Å². The standard InChI is InChI=1S/C16H14Cl2N4OS2/c17-11-3-1-7-8-2-4-12(18)10(6-25-16(21)22)14(8)23-13(7)9(11)5-24-15(19)20/h1-4H,5-6H2,(H3,19,20)(H3,21,22). The number of halogens is 2. The fourth-order valence-corrected chi connectivity index (χ4v) is 4.30. The summed E-state index contributed by atoms with van der Waals surface area (Å²) < 4.78 is 6.12. The first-order valence-corrected chi connectivity index (χ1v) is 9.85. The van der Waals surface area contributed by atoms with Gasteiger partial charge in [0.25, 0.3) is 0 Å². The number of amidine groups is 2. The number of nitrogens with one attached hydrogen (secondary N) is 2. The number of nitrogens with two attached hydrogens (primary N) is 2. The number of hydrogen-bond donors (Lipinski definition) is 4. The first-order chi connectivity index (χ1) is 11.9. The van der Waals surface area contributed by atoms with Gasteiger partial charge in [0.15, 0.2) is 10.3 Å². The highest BCUT2D eigenvalue weighted by molar-refractivity contribution is 8.13. The van der Waals surface area contributed by atoms with Crippen molar-refractivity contribution in [1.29, 1.82) is 10.8 Å². The molecule has 5 nitrogen and oxygen atoms in total. The van der Waals surface area contributed by atoms with Crippen LogP contribution in [-0.4, -0.2) is 10.3 Å². The Bertz CT molecular complexity index is 925. The molecule has 25 heavy (non-hydrogen) atoms. The van der Waals surface area contributed by atoms with Crippen LogP contribution in [0.25, 0.3) is 21.9 Å². The lowest BCUT2D eigenvalue weighted by Gasteiger charge is -2.04. The quantitative estimate of drug-likeness (QED) is 0.349. The van der Waals surface area contributed by atoms with Crippen LogP contribution in [0, 0.1) is 10.8 Å². The van der Waals surface area contributed by atoms with Gasteiger partial charge < -0.3 is 15.9 Å². The maximum atomic E-state index is 7.40. The Labute approximate surface area is 162 Å². The van der Waals surface area contributed by atoms with Gasteiger partial charge in [0.05, 0.1) is 0 Å². The summed E-state index contributed by atoms with van der Waals surface area (Å²) in [7, 11) is 0. The molecule has 0 unspecified atom stereocenters. The van der Waals surface area contributed by atoms with Crippen molar-refractivity contribution in [3.63, 3.8) is 0 Å². The van der Waals surface area contributed by atoms with Crippen LogP contribution < -0.4 is 11.5 Å². The van der Waals surface area contributed by atoms with Gasteiger partial charge in [-0.15, -0.1) is 0 Å². The van der Waals surface area contributed by atoms with E-state index in [0.717, 1.165) is 21.9 Å². The van der Waals surface area contributed by atoms with Crippen molar-refractivity contribution >= 4 is 79.0 Å². The molecule has 0 saturated carbocycles. The fourth-order valence-electron chi connectivity index (χ4n) is 2.54. The minimum atomic E-state index is 0.0192. The van der Waals surface area contributed by atoms with Gasteiger partial charge in [0.2, 0.25) is 0 Å². The Morgan fingerprint density at radius 1 is 0.840 bits per heavy atom. The van der Waals surface area contributed by atoms with E-state index >= 15 is 0 Å². The maximum Gasteiger partial charge on any atom is 0.151 e. The lowest BCUT2D eigenvalue weighted by Crippen LogP contribution is -2.04. The molecule has 6 N–H and O–H groups in total. The van der Waals surface area contributed by atoms with Gasteiger partial charge in [-0.1, -0.05) is 46.7 Å². The third-order valence-corrected chi connectivity index (χ3v) is 5.84. The molecule has 3 aromatic rings. The number of thioether (sulfide) groups is 2. The molecule has 1 heterocycles. The number of furan rings is 1. The second-order valence-electron chi connectivity index (χ2n) is 5.21. The van der Waals surface area contributed by atoms with Crippen LogP contribution >= 0.6 is 46.7 Å². The molecule has 0 amide bonds. The molecule has 0 fully saturated rings. The largest absolute Gasteiger partial charge is 0.455 e. The summed E-state index contributed by atoms with van der Waals surface area (Å²) in [6, 6.07) is 7.43. The van der Waals surface area contributed by atoms with Gasteiger partial charge in [0.1, 0.15) is 11.2 Å². The zero-order valence-corrected chi connectivity index (χ0v) is 16.0. The molecule has 9 heteroatoms. The summed E-state index contributed by atoms with van der Waals surface area (Å²) in [5.41, 5.74) is 13.8. The second kappa shape index (κ2) is 7.37. The van der Waals surface area contributed by atoms with Gasteiger partial charge in [0, 0.05) is 43.5 Å². The summed E-state index contributed by atoms with van der Waals surface area (Å²) >= 11 is 15.0. The smallest absolute Gasteiger partial charge is 0.151 e. The van der Waals surface area contributed by atoms with Crippen LogP contribution in [0.3, 0.4) is 0 Å². The highest BCUT2D eigenvalue weighted by atomic mass is 35.5. The second-order valence-corrected chi connectivity index (χ2v) is 8.06. The zero-order chi connectivity index (χ0) is 18.1. The van der Waals surface area contributed by atoms with Gasteiger partial charge >= 0.3 is 0 Å². The molecule has 2 aromatic carbocycles. The first kappa shape index (κ1) is 18.3. The Hall–Kier alpha value is -1.54. The van der Waals surface area contributed by atoms with Crippen molar-refractivity contribution < 1.29 is 4.42 Å². The molecule has 0 aliphatic carbocycles. The molecule has 0 atom stereocenters. The topological polar surface area (TPSA) is 113 Å². The van der Waals surface area contributed by atoms with Crippen molar-refractivity contribution in [2.45, 2.75) is 11.5 Å². The number of hydrogen-bond acceptors (Lipinski definition) is 5. The van der Waals surface area contributed by atoms with Crippen LogP contribution in [0.4, 0.5) is 0 Å². The van der Waals surface area contributed by atoms with Gasteiger partial charge in [-0.25, -0.2) is 0 Å². The monoisotopic (exact) mass is 412 g/mol. The Morgan fingerprint density at radius 2 is 1.24 bits per heavy atom. The highest BCUT2D eigenvalue weighted by Crippen LogP contribution is 2.39. The Kier molecular flexibility index (Phi) is 5.38. The lowest BCUT2D eigenvalue weighted by atomic mass is 10.1. The first-order valence-electron chi connectivity index (χ1n) is 7.13. The summed E-state index contributed by atoms with van der Waals surface area (Å²) in [4.78, 5) is 0. The van der Waals surface area contributed by atoms with Crippen molar-refractivity contribution in [3.05, 3.63) is 45.4 Å². The molecule has 0 saturated heterocycles. The van der Waals surface area contributed by atoms with E-state index in [1.807, 2.05) is 24.3 Å². The van der Waals surface area contributed by atoms with Gasteiger partial charge in [-0.3, -0.25) is 10.8 Å².